The highest BCUT2D eigenvalue weighted by molar-refractivity contribution is 5.82. The monoisotopic (exact) mass is 478 g/mol. The van der Waals surface area contributed by atoms with Crippen LogP contribution in [0.4, 0.5) is 17.1 Å². The van der Waals surface area contributed by atoms with Gasteiger partial charge in [-0.25, -0.2) is 4.98 Å². The first-order valence-electron chi connectivity index (χ1n) is 9.92. The number of aryl methyl sites for hydroxylation is 1. The quantitative estimate of drug-likeness (QED) is 0.293. The van der Waals surface area contributed by atoms with E-state index in [-0.39, 0.29) is 0 Å². The van der Waals surface area contributed by atoms with Crippen LogP contribution in [0.1, 0.15) is 5.56 Å². The van der Waals surface area contributed by atoms with Gasteiger partial charge >= 0.3 is 11.4 Å². The van der Waals surface area contributed by atoms with Crippen molar-refractivity contribution in [1.82, 2.24) is 4.98 Å². The van der Waals surface area contributed by atoms with Crippen molar-refractivity contribution in [2.45, 2.75) is 6.92 Å². The Morgan fingerprint density at radius 3 is 1.91 bits per heavy atom. The Bertz CT molecular complexity index is 1400. The van der Waals surface area contributed by atoms with Gasteiger partial charge in [0.05, 0.1) is 45.2 Å². The number of nitro groups is 3. The van der Waals surface area contributed by atoms with Crippen LogP contribution in [-0.4, -0.2) is 32.0 Å². The molecule has 0 aliphatic heterocycles. The number of hydrogen-bond acceptors (Lipinski definition) is 9. The van der Waals surface area contributed by atoms with E-state index in [1.807, 2.05) is 24.3 Å². The van der Waals surface area contributed by atoms with E-state index in [4.69, 9.17) is 14.8 Å². The molecule has 1 N–H and O–H groups in total. The number of ether oxygens (including phenoxy) is 1. The lowest BCUT2D eigenvalue weighted by molar-refractivity contribution is -0.404. The molecule has 1 aromatic heterocycles. The number of benzene rings is 3. The molecule has 178 valence electrons. The van der Waals surface area contributed by atoms with Crippen LogP contribution in [0, 0.1) is 37.3 Å². The molecule has 35 heavy (non-hydrogen) atoms. The molecule has 0 atom stereocenters. The molecule has 0 saturated heterocycles. The lowest BCUT2D eigenvalue weighted by Crippen LogP contribution is -1.97. The van der Waals surface area contributed by atoms with Crippen LogP contribution in [0.5, 0.6) is 11.5 Å². The Labute approximate surface area is 197 Å². The number of non-ortho nitro benzene ring substituents is 1. The summed E-state index contributed by atoms with van der Waals surface area (Å²) in [6.45, 7) is 2.09. The second kappa shape index (κ2) is 10.2. The van der Waals surface area contributed by atoms with Crippen LogP contribution in [0.25, 0.3) is 22.2 Å². The molecular weight excluding hydrogens is 460 g/mol. The van der Waals surface area contributed by atoms with Crippen molar-refractivity contribution in [2.24, 2.45) is 0 Å². The van der Waals surface area contributed by atoms with E-state index in [1.165, 1.54) is 10.9 Å². The third-order valence-electron chi connectivity index (χ3n) is 4.89. The number of aromatic nitrogens is 1. The fraction of sp³-hybridized carbons (Fsp3) is 0.0870. The lowest BCUT2D eigenvalue weighted by Gasteiger charge is -2.05. The molecular formula is C23H18N4O8. The van der Waals surface area contributed by atoms with E-state index in [0.717, 1.165) is 22.5 Å². The Morgan fingerprint density at radius 2 is 1.40 bits per heavy atom. The summed E-state index contributed by atoms with van der Waals surface area (Å²) in [6.07, 6.45) is 0. The van der Waals surface area contributed by atoms with Crippen molar-refractivity contribution in [3.8, 4) is 22.8 Å². The van der Waals surface area contributed by atoms with Crippen molar-refractivity contribution < 1.29 is 24.6 Å². The van der Waals surface area contributed by atoms with Crippen LogP contribution in [-0.2, 0) is 0 Å². The van der Waals surface area contributed by atoms with Crippen LogP contribution >= 0.6 is 0 Å². The first kappa shape index (κ1) is 24.5. The van der Waals surface area contributed by atoms with Crippen LogP contribution in [0.15, 0.2) is 66.7 Å². The zero-order valence-electron chi connectivity index (χ0n) is 18.4. The molecule has 0 unspecified atom stereocenters. The molecule has 0 amide bonds. The summed E-state index contributed by atoms with van der Waals surface area (Å²) < 4.78 is 5.17. The molecule has 0 bridgehead atoms. The molecule has 0 fully saturated rings. The van der Waals surface area contributed by atoms with E-state index >= 15 is 0 Å². The summed E-state index contributed by atoms with van der Waals surface area (Å²) >= 11 is 0. The Balaban J connectivity index is 0.000000199. The highest BCUT2D eigenvalue weighted by Crippen LogP contribution is 2.39. The van der Waals surface area contributed by atoms with Gasteiger partial charge in [-0.15, -0.1) is 0 Å². The maximum absolute atomic E-state index is 10.4. The number of nitrogens with zero attached hydrogens (tertiary/aromatic N) is 4. The molecule has 0 aliphatic rings. The van der Waals surface area contributed by atoms with E-state index in [1.54, 1.807) is 7.11 Å². The van der Waals surface area contributed by atoms with Gasteiger partial charge in [0.15, 0.2) is 0 Å². The molecule has 0 aliphatic carbocycles. The fourth-order valence-electron chi connectivity index (χ4n) is 3.14. The van der Waals surface area contributed by atoms with Gasteiger partial charge in [-0.1, -0.05) is 17.7 Å². The number of nitro benzene ring substituents is 3. The van der Waals surface area contributed by atoms with E-state index in [2.05, 4.69) is 37.3 Å². The molecule has 1 heterocycles. The Morgan fingerprint density at radius 1 is 0.800 bits per heavy atom. The normalized spacial score (nSPS) is 10.2. The second-order valence-electron chi connectivity index (χ2n) is 7.23. The van der Waals surface area contributed by atoms with Crippen molar-refractivity contribution in [2.75, 3.05) is 7.11 Å². The largest absolute Gasteiger partial charge is 0.497 e. The van der Waals surface area contributed by atoms with Gasteiger partial charge in [0, 0.05) is 10.9 Å². The summed E-state index contributed by atoms with van der Waals surface area (Å²) in [7, 11) is 1.67. The molecule has 3 aromatic carbocycles. The van der Waals surface area contributed by atoms with Gasteiger partial charge < -0.3 is 9.84 Å². The first-order valence-corrected chi connectivity index (χ1v) is 9.92. The minimum absolute atomic E-state index is 0.447. The fourth-order valence-corrected chi connectivity index (χ4v) is 3.14. The van der Waals surface area contributed by atoms with Gasteiger partial charge in [0.2, 0.25) is 0 Å². The summed E-state index contributed by atoms with van der Waals surface area (Å²) in [5.41, 5.74) is 1.37. The third-order valence-corrected chi connectivity index (χ3v) is 4.89. The number of hydrogen-bond donors (Lipinski definition) is 1. The maximum atomic E-state index is 10.4. The highest BCUT2D eigenvalue weighted by atomic mass is 16.6. The predicted octanol–water partition coefficient (Wildman–Crippen LogP) is 5.34. The molecule has 4 rings (SSSR count). The maximum Gasteiger partial charge on any atom is 0.324 e. The van der Waals surface area contributed by atoms with E-state index in [0.29, 0.717) is 12.1 Å². The van der Waals surface area contributed by atoms with Gasteiger partial charge in [-0.05, 0) is 49.4 Å². The van der Waals surface area contributed by atoms with Crippen molar-refractivity contribution in [3.05, 3.63) is 103 Å². The third kappa shape index (κ3) is 5.63. The molecule has 12 heteroatoms. The zero-order chi connectivity index (χ0) is 25.7. The van der Waals surface area contributed by atoms with Gasteiger partial charge in [0.1, 0.15) is 5.75 Å². The molecule has 4 aromatic rings. The Hall–Kier alpha value is -5.13. The average Bonchev–Trinajstić information content (AvgIpc) is 2.83. The average molecular weight is 478 g/mol. The van der Waals surface area contributed by atoms with Crippen LogP contribution < -0.4 is 4.74 Å². The number of rotatable bonds is 5. The number of phenolic OH excluding ortho intramolecular Hbond substituents is 1. The van der Waals surface area contributed by atoms with Gasteiger partial charge in [0.25, 0.3) is 11.4 Å². The number of fused-ring (bicyclic) bond motifs is 1. The smallest absolute Gasteiger partial charge is 0.324 e. The zero-order valence-corrected chi connectivity index (χ0v) is 18.4. The minimum atomic E-state index is -1.21. The van der Waals surface area contributed by atoms with Crippen LogP contribution in [0.2, 0.25) is 0 Å². The highest BCUT2D eigenvalue weighted by Gasteiger charge is 2.30. The van der Waals surface area contributed by atoms with Crippen molar-refractivity contribution in [3.63, 3.8) is 0 Å². The van der Waals surface area contributed by atoms with E-state index < -0.39 is 37.6 Å². The molecule has 12 nitrogen and oxygen atoms in total. The van der Waals surface area contributed by atoms with Crippen molar-refractivity contribution >= 4 is 28.0 Å². The lowest BCUT2D eigenvalue weighted by atomic mass is 10.1. The standard InChI is InChI=1S/C17H15NO.C6H3N3O7/c1-12-3-9-17-14(11-12)6-10-16(18-17)13-4-7-15(19-2)8-5-13;10-6-4(8(13)14)1-3(7(11)12)2-5(6)9(15)16/h3-11H,1-2H3;1-2,10H. The van der Waals surface area contributed by atoms with Crippen molar-refractivity contribution in [1.29, 1.82) is 0 Å². The summed E-state index contributed by atoms with van der Waals surface area (Å²) in [5, 5.41) is 41.4. The molecule has 0 radical (unpaired) electrons. The number of pyridine rings is 1. The number of methoxy groups -OCH3 is 1. The number of phenols is 1. The molecule has 0 saturated carbocycles. The summed E-state index contributed by atoms with van der Waals surface area (Å²) in [4.78, 5) is 32.5. The summed E-state index contributed by atoms with van der Waals surface area (Å²) in [6, 6.07) is 19.4. The Kier molecular flexibility index (Phi) is 7.15. The summed E-state index contributed by atoms with van der Waals surface area (Å²) in [5.74, 6) is -0.347. The number of aromatic hydroxyl groups is 1. The second-order valence-corrected chi connectivity index (χ2v) is 7.23. The predicted molar refractivity (Wildman–Crippen MR) is 127 cm³/mol. The first-order chi connectivity index (χ1) is 16.6. The minimum Gasteiger partial charge on any atom is -0.497 e. The van der Waals surface area contributed by atoms with Crippen LogP contribution in [0.3, 0.4) is 0 Å². The topological polar surface area (TPSA) is 172 Å². The van der Waals surface area contributed by atoms with Gasteiger partial charge in [-0.3, -0.25) is 30.3 Å². The molecule has 0 spiro atoms. The van der Waals surface area contributed by atoms with E-state index in [9.17, 15) is 30.3 Å². The SMILES string of the molecule is COc1ccc(-c2ccc3cc(C)ccc3n2)cc1.O=[N+]([O-])c1cc([N+](=O)[O-])c(O)c([N+](=O)[O-])c1. The van der Waals surface area contributed by atoms with Gasteiger partial charge in [-0.2, -0.15) is 0 Å².